The topological polar surface area (TPSA) is 80.0 Å². The van der Waals surface area contributed by atoms with Gasteiger partial charge in [-0.1, -0.05) is 23.9 Å². The van der Waals surface area contributed by atoms with Gasteiger partial charge in [0, 0.05) is 11.9 Å². The van der Waals surface area contributed by atoms with Gasteiger partial charge in [0.15, 0.2) is 5.16 Å². The maximum atomic E-state index is 12.2. The fourth-order valence-electron chi connectivity index (χ4n) is 2.44. The number of para-hydroxylation sites is 1. The summed E-state index contributed by atoms with van der Waals surface area (Å²) in [6, 6.07) is 11.3. The highest BCUT2D eigenvalue weighted by Gasteiger charge is 2.13. The fourth-order valence-corrected chi connectivity index (χ4v) is 3.11. The molecule has 1 aromatic carbocycles. The van der Waals surface area contributed by atoms with Crippen LogP contribution >= 0.6 is 11.8 Å². The van der Waals surface area contributed by atoms with Crippen molar-refractivity contribution in [2.45, 2.75) is 25.0 Å². The van der Waals surface area contributed by atoms with Gasteiger partial charge in [0.05, 0.1) is 23.6 Å². The molecule has 0 radical (unpaired) electrons. The molecule has 7 heteroatoms. The molecule has 0 spiro atoms. The Morgan fingerprint density at radius 1 is 1.24 bits per heavy atom. The van der Waals surface area contributed by atoms with Gasteiger partial charge in [-0.05, 0) is 38.1 Å². The summed E-state index contributed by atoms with van der Waals surface area (Å²) in [4.78, 5) is 21.2. The Balaban J connectivity index is 1.67. The molecule has 0 bridgehead atoms. The minimum atomic E-state index is -0.169. The quantitative estimate of drug-likeness (QED) is 0.497. The maximum Gasteiger partial charge on any atom is 0.231 e. The number of nitrogens with zero attached hydrogens (tertiary/aromatic N) is 2. The molecule has 0 aliphatic heterocycles. The van der Waals surface area contributed by atoms with Crippen molar-refractivity contribution in [2.75, 3.05) is 17.6 Å². The molecule has 0 fully saturated rings. The molecular weight excluding hydrogens is 336 g/mol. The summed E-state index contributed by atoms with van der Waals surface area (Å²) in [6.07, 6.45) is 1.60. The highest BCUT2D eigenvalue weighted by Crippen LogP contribution is 2.24. The molecule has 1 atom stereocenters. The standard InChI is InChI=1S/C18H20N4O2S/c1-3-19-17-13-7-4-5-8-14(13)21-18(22-17)25-11-16(23)20-12(2)15-9-6-10-24-15/h4-10,12H,3,11H2,1-2H3,(H,20,23)(H,19,21,22). The van der Waals surface area contributed by atoms with Gasteiger partial charge in [0.2, 0.25) is 5.91 Å². The van der Waals surface area contributed by atoms with Crippen molar-refractivity contribution in [3.05, 3.63) is 48.4 Å². The number of thioether (sulfide) groups is 1. The van der Waals surface area contributed by atoms with Crippen LogP contribution in [0.2, 0.25) is 0 Å². The molecule has 2 heterocycles. The molecule has 3 rings (SSSR count). The summed E-state index contributed by atoms with van der Waals surface area (Å²) in [7, 11) is 0. The Labute approximate surface area is 150 Å². The zero-order chi connectivity index (χ0) is 17.6. The van der Waals surface area contributed by atoms with Crippen LogP contribution in [0.1, 0.15) is 25.6 Å². The summed E-state index contributed by atoms with van der Waals surface area (Å²) in [6.45, 7) is 4.68. The highest BCUT2D eigenvalue weighted by atomic mass is 32.2. The van der Waals surface area contributed by atoms with E-state index in [0.29, 0.717) is 5.16 Å². The SMILES string of the molecule is CCNc1nc(SCC(=O)NC(C)c2ccco2)nc2ccccc12. The number of carbonyl (C=O) groups is 1. The first-order valence-corrected chi connectivity index (χ1v) is 9.12. The Bertz CT molecular complexity index is 851. The van der Waals surface area contributed by atoms with Crippen molar-refractivity contribution in [3.63, 3.8) is 0 Å². The lowest BCUT2D eigenvalue weighted by atomic mass is 10.2. The molecule has 6 nitrogen and oxygen atoms in total. The number of fused-ring (bicyclic) bond motifs is 1. The molecule has 0 saturated carbocycles. The van der Waals surface area contributed by atoms with E-state index in [4.69, 9.17) is 4.42 Å². The third-order valence-corrected chi connectivity index (χ3v) is 4.45. The van der Waals surface area contributed by atoms with Crippen molar-refractivity contribution < 1.29 is 9.21 Å². The summed E-state index contributed by atoms with van der Waals surface area (Å²) in [5, 5.41) is 7.71. The number of furan rings is 1. The van der Waals surface area contributed by atoms with E-state index < -0.39 is 0 Å². The van der Waals surface area contributed by atoms with Crippen LogP contribution in [0, 0.1) is 0 Å². The lowest BCUT2D eigenvalue weighted by Crippen LogP contribution is -2.28. The van der Waals surface area contributed by atoms with Crippen molar-refractivity contribution in [1.82, 2.24) is 15.3 Å². The third kappa shape index (κ3) is 4.30. The van der Waals surface area contributed by atoms with Crippen LogP contribution in [0.4, 0.5) is 5.82 Å². The zero-order valence-electron chi connectivity index (χ0n) is 14.2. The van der Waals surface area contributed by atoms with Gasteiger partial charge in [0.1, 0.15) is 11.6 Å². The van der Waals surface area contributed by atoms with Crippen LogP contribution in [-0.2, 0) is 4.79 Å². The van der Waals surface area contributed by atoms with Gasteiger partial charge in [-0.3, -0.25) is 4.79 Å². The number of amides is 1. The molecule has 2 aromatic heterocycles. The minimum absolute atomic E-state index is 0.0874. The molecule has 3 aromatic rings. The monoisotopic (exact) mass is 356 g/mol. The second-order valence-corrected chi connectivity index (χ2v) is 6.44. The Morgan fingerprint density at radius 2 is 2.08 bits per heavy atom. The van der Waals surface area contributed by atoms with Crippen LogP contribution in [0.3, 0.4) is 0 Å². The Kier molecular flexibility index (Phi) is 5.55. The van der Waals surface area contributed by atoms with Crippen LogP contribution < -0.4 is 10.6 Å². The van der Waals surface area contributed by atoms with Crippen LogP contribution in [0.25, 0.3) is 10.9 Å². The van der Waals surface area contributed by atoms with Crippen LogP contribution in [0.5, 0.6) is 0 Å². The van der Waals surface area contributed by atoms with E-state index in [1.54, 1.807) is 12.3 Å². The first kappa shape index (κ1) is 17.3. The van der Waals surface area contributed by atoms with E-state index in [2.05, 4.69) is 20.6 Å². The normalized spacial score (nSPS) is 12.1. The third-order valence-electron chi connectivity index (χ3n) is 3.61. The van der Waals surface area contributed by atoms with E-state index in [1.165, 1.54) is 11.8 Å². The Morgan fingerprint density at radius 3 is 2.84 bits per heavy atom. The largest absolute Gasteiger partial charge is 0.467 e. The van der Waals surface area contributed by atoms with Crippen molar-refractivity contribution in [2.24, 2.45) is 0 Å². The van der Waals surface area contributed by atoms with Crippen LogP contribution in [-0.4, -0.2) is 28.2 Å². The number of nitrogens with one attached hydrogen (secondary N) is 2. The van der Waals surface area contributed by atoms with E-state index in [0.717, 1.165) is 29.0 Å². The minimum Gasteiger partial charge on any atom is -0.467 e. The van der Waals surface area contributed by atoms with E-state index in [-0.39, 0.29) is 17.7 Å². The molecule has 1 amide bonds. The number of rotatable bonds is 7. The summed E-state index contributed by atoms with van der Waals surface area (Å²) < 4.78 is 5.30. The summed E-state index contributed by atoms with van der Waals surface area (Å²) in [5.74, 6) is 1.68. The average Bonchev–Trinajstić information content (AvgIpc) is 3.15. The summed E-state index contributed by atoms with van der Waals surface area (Å²) >= 11 is 1.32. The van der Waals surface area contributed by atoms with Gasteiger partial charge >= 0.3 is 0 Å². The lowest BCUT2D eigenvalue weighted by Gasteiger charge is -2.12. The van der Waals surface area contributed by atoms with E-state index in [9.17, 15) is 4.79 Å². The molecule has 25 heavy (non-hydrogen) atoms. The summed E-state index contributed by atoms with van der Waals surface area (Å²) in [5.41, 5.74) is 0.861. The molecule has 0 aliphatic carbocycles. The first-order chi connectivity index (χ1) is 12.2. The smallest absolute Gasteiger partial charge is 0.231 e. The number of hydrogen-bond acceptors (Lipinski definition) is 6. The molecule has 0 saturated heterocycles. The van der Waals surface area contributed by atoms with Gasteiger partial charge in [0.25, 0.3) is 0 Å². The predicted molar refractivity (Wildman–Crippen MR) is 99.7 cm³/mol. The number of benzene rings is 1. The average molecular weight is 356 g/mol. The predicted octanol–water partition coefficient (Wildman–Crippen LogP) is 3.62. The van der Waals surface area contributed by atoms with Crippen LogP contribution in [0.15, 0.2) is 52.2 Å². The maximum absolute atomic E-state index is 12.2. The van der Waals surface area contributed by atoms with E-state index in [1.807, 2.05) is 44.2 Å². The van der Waals surface area contributed by atoms with Crippen molar-refractivity contribution in [1.29, 1.82) is 0 Å². The van der Waals surface area contributed by atoms with Gasteiger partial charge in [-0.15, -0.1) is 0 Å². The number of carbonyl (C=O) groups excluding carboxylic acids is 1. The number of aromatic nitrogens is 2. The second kappa shape index (κ2) is 8.02. The molecule has 130 valence electrons. The lowest BCUT2D eigenvalue weighted by molar-refractivity contribution is -0.119. The first-order valence-electron chi connectivity index (χ1n) is 8.13. The molecule has 1 unspecified atom stereocenters. The molecular formula is C18H20N4O2S. The zero-order valence-corrected chi connectivity index (χ0v) is 15.0. The number of hydrogen-bond donors (Lipinski definition) is 2. The van der Waals surface area contributed by atoms with Crippen molar-refractivity contribution in [3.8, 4) is 0 Å². The second-order valence-electron chi connectivity index (χ2n) is 5.50. The highest BCUT2D eigenvalue weighted by molar-refractivity contribution is 7.99. The van der Waals surface area contributed by atoms with Crippen molar-refractivity contribution >= 4 is 34.4 Å². The Hall–Kier alpha value is -2.54. The number of anilines is 1. The van der Waals surface area contributed by atoms with E-state index >= 15 is 0 Å². The van der Waals surface area contributed by atoms with Gasteiger partial charge in [-0.25, -0.2) is 9.97 Å². The van der Waals surface area contributed by atoms with Gasteiger partial charge < -0.3 is 15.1 Å². The fraction of sp³-hybridized carbons (Fsp3) is 0.278. The molecule has 2 N–H and O–H groups in total. The molecule has 0 aliphatic rings. The van der Waals surface area contributed by atoms with Gasteiger partial charge in [-0.2, -0.15) is 0 Å².